The van der Waals surface area contributed by atoms with Gasteiger partial charge in [0.15, 0.2) is 0 Å². The van der Waals surface area contributed by atoms with Gasteiger partial charge in [-0.2, -0.15) is 0 Å². The van der Waals surface area contributed by atoms with Gasteiger partial charge in [0.05, 0.1) is 5.41 Å². The molecular formula is C15H22N2O2. The highest BCUT2D eigenvalue weighted by atomic mass is 16.4. The Morgan fingerprint density at radius 1 is 1.32 bits per heavy atom. The second-order valence-electron chi connectivity index (χ2n) is 5.44. The number of aliphatic carboxylic acids is 1. The van der Waals surface area contributed by atoms with Crippen molar-refractivity contribution in [1.29, 1.82) is 0 Å². The highest BCUT2D eigenvalue weighted by molar-refractivity contribution is 5.75. The zero-order chi connectivity index (χ0) is 13.7. The molecule has 104 valence electrons. The minimum absolute atomic E-state index is 0.216. The van der Waals surface area contributed by atoms with Crippen LogP contribution in [0.3, 0.4) is 0 Å². The molecule has 1 heterocycles. The molecule has 1 aromatic carbocycles. The van der Waals surface area contributed by atoms with E-state index in [4.69, 9.17) is 5.73 Å². The van der Waals surface area contributed by atoms with Crippen LogP contribution >= 0.6 is 0 Å². The summed E-state index contributed by atoms with van der Waals surface area (Å²) in [6.07, 6.45) is 2.67. The molecule has 0 aliphatic carbocycles. The highest BCUT2D eigenvalue weighted by Crippen LogP contribution is 2.29. The third kappa shape index (κ3) is 3.33. The molecule has 3 N–H and O–H groups in total. The Bertz CT molecular complexity index is 421. The molecule has 0 bridgehead atoms. The van der Waals surface area contributed by atoms with Crippen LogP contribution in [0.2, 0.25) is 0 Å². The minimum atomic E-state index is -0.773. The summed E-state index contributed by atoms with van der Waals surface area (Å²) in [4.78, 5) is 13.8. The van der Waals surface area contributed by atoms with Gasteiger partial charge >= 0.3 is 5.97 Å². The molecule has 1 aliphatic heterocycles. The van der Waals surface area contributed by atoms with Gasteiger partial charge in [0, 0.05) is 19.6 Å². The molecular weight excluding hydrogens is 240 g/mol. The zero-order valence-electron chi connectivity index (χ0n) is 11.2. The van der Waals surface area contributed by atoms with Gasteiger partial charge in [-0.05, 0) is 24.9 Å². The molecule has 0 spiro atoms. The van der Waals surface area contributed by atoms with Crippen molar-refractivity contribution in [1.82, 2.24) is 4.90 Å². The lowest BCUT2D eigenvalue weighted by molar-refractivity contribution is -0.149. The summed E-state index contributed by atoms with van der Waals surface area (Å²) in [5.74, 6) is -0.755. The van der Waals surface area contributed by atoms with Crippen LogP contribution in [0.5, 0.6) is 0 Å². The summed E-state index contributed by atoms with van der Waals surface area (Å²) < 4.78 is 0. The quantitative estimate of drug-likeness (QED) is 0.866. The number of likely N-dealkylation sites (tertiary alicyclic amines) is 1. The lowest BCUT2D eigenvalue weighted by Crippen LogP contribution is -2.46. The second-order valence-corrected chi connectivity index (χ2v) is 5.44. The fourth-order valence-corrected chi connectivity index (χ4v) is 2.79. The number of hydrogen-bond donors (Lipinski definition) is 2. The van der Waals surface area contributed by atoms with Crippen molar-refractivity contribution in [2.24, 2.45) is 11.1 Å². The summed E-state index contributed by atoms with van der Waals surface area (Å²) in [6, 6.07) is 10.2. The van der Waals surface area contributed by atoms with Crippen LogP contribution < -0.4 is 5.73 Å². The highest BCUT2D eigenvalue weighted by Gasteiger charge is 2.39. The van der Waals surface area contributed by atoms with Gasteiger partial charge in [0.25, 0.3) is 0 Å². The van der Waals surface area contributed by atoms with E-state index in [1.165, 1.54) is 5.56 Å². The summed E-state index contributed by atoms with van der Waals surface area (Å²) in [6.45, 7) is 2.52. The maximum Gasteiger partial charge on any atom is 0.312 e. The number of rotatable bonds is 4. The van der Waals surface area contributed by atoms with E-state index in [0.717, 1.165) is 25.9 Å². The van der Waals surface area contributed by atoms with E-state index in [2.05, 4.69) is 17.0 Å². The van der Waals surface area contributed by atoms with Crippen molar-refractivity contribution >= 4 is 5.97 Å². The largest absolute Gasteiger partial charge is 0.481 e. The molecule has 0 radical (unpaired) electrons. The molecule has 1 aliphatic rings. The van der Waals surface area contributed by atoms with E-state index < -0.39 is 11.4 Å². The van der Waals surface area contributed by atoms with Gasteiger partial charge in [0.2, 0.25) is 0 Å². The average molecular weight is 262 g/mol. The molecule has 1 unspecified atom stereocenters. The number of carboxylic acid groups (broad SMARTS) is 1. The number of carboxylic acids is 1. The van der Waals surface area contributed by atoms with E-state index in [0.29, 0.717) is 13.0 Å². The minimum Gasteiger partial charge on any atom is -0.481 e. The number of carbonyl (C=O) groups is 1. The average Bonchev–Trinajstić information content (AvgIpc) is 2.63. The first-order valence-electron chi connectivity index (χ1n) is 6.86. The van der Waals surface area contributed by atoms with Crippen LogP contribution in [0, 0.1) is 5.41 Å². The maximum atomic E-state index is 11.6. The fraction of sp³-hybridized carbons (Fsp3) is 0.533. The van der Waals surface area contributed by atoms with Crippen molar-refractivity contribution in [3.63, 3.8) is 0 Å². The summed E-state index contributed by atoms with van der Waals surface area (Å²) >= 11 is 0. The van der Waals surface area contributed by atoms with Crippen molar-refractivity contribution in [3.05, 3.63) is 35.9 Å². The van der Waals surface area contributed by atoms with E-state index in [1.807, 2.05) is 18.2 Å². The number of nitrogens with zero attached hydrogens (tertiary/aromatic N) is 1. The van der Waals surface area contributed by atoms with Gasteiger partial charge in [-0.1, -0.05) is 36.8 Å². The lowest BCUT2D eigenvalue weighted by atomic mass is 9.83. The van der Waals surface area contributed by atoms with Crippen LogP contribution in [0.1, 0.15) is 24.8 Å². The third-order valence-corrected chi connectivity index (χ3v) is 4.00. The van der Waals surface area contributed by atoms with Crippen molar-refractivity contribution in [2.75, 3.05) is 19.6 Å². The van der Waals surface area contributed by atoms with Crippen LogP contribution in [-0.4, -0.2) is 35.6 Å². The van der Waals surface area contributed by atoms with Gasteiger partial charge in [-0.25, -0.2) is 0 Å². The van der Waals surface area contributed by atoms with Gasteiger partial charge < -0.3 is 10.8 Å². The first-order valence-corrected chi connectivity index (χ1v) is 6.86. The molecule has 4 nitrogen and oxygen atoms in total. The van der Waals surface area contributed by atoms with E-state index >= 15 is 0 Å². The van der Waals surface area contributed by atoms with E-state index in [1.54, 1.807) is 0 Å². The number of hydrogen-bond acceptors (Lipinski definition) is 3. The van der Waals surface area contributed by atoms with Crippen LogP contribution in [-0.2, 0) is 11.3 Å². The Morgan fingerprint density at radius 2 is 2.05 bits per heavy atom. The molecule has 19 heavy (non-hydrogen) atoms. The van der Waals surface area contributed by atoms with Crippen LogP contribution in [0.25, 0.3) is 0 Å². The van der Waals surface area contributed by atoms with Gasteiger partial charge in [-0.15, -0.1) is 0 Å². The van der Waals surface area contributed by atoms with Crippen molar-refractivity contribution in [2.45, 2.75) is 25.8 Å². The van der Waals surface area contributed by atoms with Crippen LogP contribution in [0.4, 0.5) is 0 Å². The standard InChI is InChI=1S/C15H22N2O2/c16-11-15(14(18)19)8-4-5-9-17(12-15)10-13-6-2-1-3-7-13/h1-3,6-7H,4-5,8-12,16H2,(H,18,19). The molecule has 2 rings (SSSR count). The van der Waals surface area contributed by atoms with Crippen molar-refractivity contribution in [3.8, 4) is 0 Å². The monoisotopic (exact) mass is 262 g/mol. The number of benzene rings is 1. The summed E-state index contributed by atoms with van der Waals surface area (Å²) in [5.41, 5.74) is 6.21. The first kappa shape index (κ1) is 14.0. The fourth-order valence-electron chi connectivity index (χ4n) is 2.79. The Kier molecular flexibility index (Phi) is 4.56. The Labute approximate surface area is 114 Å². The Hall–Kier alpha value is -1.39. The molecule has 0 saturated carbocycles. The van der Waals surface area contributed by atoms with Gasteiger partial charge in [0.1, 0.15) is 0 Å². The maximum absolute atomic E-state index is 11.6. The third-order valence-electron chi connectivity index (χ3n) is 4.00. The Morgan fingerprint density at radius 3 is 2.68 bits per heavy atom. The molecule has 0 aromatic heterocycles. The zero-order valence-corrected chi connectivity index (χ0v) is 11.2. The molecule has 4 heteroatoms. The van der Waals surface area contributed by atoms with E-state index in [9.17, 15) is 9.90 Å². The first-order chi connectivity index (χ1) is 9.16. The molecule has 1 fully saturated rings. The van der Waals surface area contributed by atoms with Crippen molar-refractivity contribution < 1.29 is 9.90 Å². The normalized spacial score (nSPS) is 24.9. The summed E-state index contributed by atoms with van der Waals surface area (Å²) in [7, 11) is 0. The lowest BCUT2D eigenvalue weighted by Gasteiger charge is -2.31. The number of nitrogens with two attached hydrogens (primary N) is 1. The molecule has 1 aromatic rings. The summed E-state index contributed by atoms with van der Waals surface area (Å²) in [5, 5.41) is 9.49. The Balaban J connectivity index is 2.10. The smallest absolute Gasteiger partial charge is 0.312 e. The van der Waals surface area contributed by atoms with Crippen LogP contribution in [0.15, 0.2) is 30.3 Å². The second kappa shape index (κ2) is 6.17. The van der Waals surface area contributed by atoms with Gasteiger partial charge in [-0.3, -0.25) is 9.69 Å². The SMILES string of the molecule is NCC1(C(=O)O)CCCCN(Cc2ccccc2)C1. The molecule has 1 saturated heterocycles. The molecule has 0 amide bonds. The predicted octanol–water partition coefficient (Wildman–Crippen LogP) is 1.70. The van der Waals surface area contributed by atoms with E-state index in [-0.39, 0.29) is 6.54 Å². The topological polar surface area (TPSA) is 66.6 Å². The molecule has 1 atom stereocenters. The predicted molar refractivity (Wildman–Crippen MR) is 74.7 cm³/mol.